The molecular weight excluding hydrogens is 323 g/mol. The van der Waals surface area contributed by atoms with Crippen LogP contribution >= 0.6 is 0 Å². The molecule has 1 aliphatic carbocycles. The molecule has 134 valence electrons. The summed E-state index contributed by atoms with van der Waals surface area (Å²) < 4.78 is 15.5. The van der Waals surface area contributed by atoms with Crippen LogP contribution in [0.2, 0.25) is 0 Å². The smallest absolute Gasteiger partial charge is 0.123 e. The van der Waals surface area contributed by atoms with E-state index in [4.69, 9.17) is 0 Å². The predicted molar refractivity (Wildman–Crippen MR) is 103 cm³/mol. The lowest BCUT2D eigenvalue weighted by Gasteiger charge is -2.20. The molecule has 0 saturated heterocycles. The molecule has 2 nitrogen and oxygen atoms in total. The summed E-state index contributed by atoms with van der Waals surface area (Å²) in [5.41, 5.74) is 5.23. The van der Waals surface area contributed by atoms with E-state index in [2.05, 4.69) is 54.1 Å². The van der Waals surface area contributed by atoms with E-state index < -0.39 is 0 Å². The van der Waals surface area contributed by atoms with E-state index in [0.29, 0.717) is 0 Å². The van der Waals surface area contributed by atoms with Crippen molar-refractivity contribution in [1.82, 2.24) is 4.57 Å². The van der Waals surface area contributed by atoms with Gasteiger partial charge in [0.1, 0.15) is 18.9 Å². The van der Waals surface area contributed by atoms with Gasteiger partial charge in [0.15, 0.2) is 0 Å². The highest BCUT2D eigenvalue weighted by Gasteiger charge is 2.33. The van der Waals surface area contributed by atoms with E-state index in [1.807, 2.05) is 12.1 Å². The number of hydrogen-bond donors (Lipinski definition) is 1. The first-order valence-corrected chi connectivity index (χ1v) is 9.46. The third-order valence-corrected chi connectivity index (χ3v) is 5.27. The molecule has 0 amide bonds. The molecule has 3 heteroatoms. The van der Waals surface area contributed by atoms with E-state index in [-0.39, 0.29) is 5.82 Å². The van der Waals surface area contributed by atoms with Crippen LogP contribution in [0.5, 0.6) is 0 Å². The van der Waals surface area contributed by atoms with Crippen molar-refractivity contribution in [2.24, 2.45) is 0 Å². The molecule has 1 atom stereocenters. The Bertz CT molecular complexity index is 862. The predicted octanol–water partition coefficient (Wildman–Crippen LogP) is 3.73. The van der Waals surface area contributed by atoms with E-state index in [9.17, 15) is 4.39 Å². The third kappa shape index (κ3) is 4.23. The molecule has 3 aromatic rings. The summed E-state index contributed by atoms with van der Waals surface area (Å²) in [6, 6.07) is 20.8. The van der Waals surface area contributed by atoms with E-state index in [0.717, 1.165) is 25.7 Å². The van der Waals surface area contributed by atoms with Gasteiger partial charge in [-0.05, 0) is 36.8 Å². The van der Waals surface area contributed by atoms with Crippen molar-refractivity contribution in [3.8, 4) is 0 Å². The number of quaternary nitrogens is 1. The summed E-state index contributed by atoms with van der Waals surface area (Å²) in [7, 11) is 0. The molecule has 0 bridgehead atoms. The minimum Gasteiger partial charge on any atom is -0.342 e. The molecule has 1 aliphatic rings. The Balaban J connectivity index is 1.48. The number of aromatic nitrogens is 1. The fraction of sp³-hybridized carbons (Fsp3) is 0.304. The molecule has 0 spiro atoms. The van der Waals surface area contributed by atoms with Crippen molar-refractivity contribution in [3.63, 3.8) is 0 Å². The molecule has 1 fully saturated rings. The van der Waals surface area contributed by atoms with Crippen LogP contribution in [0, 0.1) is 12.7 Å². The van der Waals surface area contributed by atoms with Crippen molar-refractivity contribution in [1.29, 1.82) is 0 Å². The van der Waals surface area contributed by atoms with Crippen molar-refractivity contribution in [2.75, 3.05) is 0 Å². The van der Waals surface area contributed by atoms with Gasteiger partial charge >= 0.3 is 0 Å². The van der Waals surface area contributed by atoms with Gasteiger partial charge < -0.3 is 9.47 Å². The number of rotatable bonds is 7. The molecule has 0 radical (unpaired) electrons. The average Bonchev–Trinajstić information content (AvgIpc) is 3.39. The number of aryl methyl sites for hydroxylation is 1. The number of benzene rings is 2. The number of halogens is 1. The molecule has 26 heavy (non-hydrogen) atoms. The van der Waals surface area contributed by atoms with Crippen LogP contribution in [0.15, 0.2) is 66.9 Å². The van der Waals surface area contributed by atoms with Gasteiger partial charge in [0.2, 0.25) is 0 Å². The first kappa shape index (κ1) is 17.0. The monoisotopic (exact) mass is 349 g/mol. The minimum atomic E-state index is -0.159. The highest BCUT2D eigenvalue weighted by atomic mass is 19.1. The first-order chi connectivity index (χ1) is 12.7. The first-order valence-electron chi connectivity index (χ1n) is 9.46. The van der Waals surface area contributed by atoms with Crippen molar-refractivity contribution >= 4 is 0 Å². The Labute approximate surface area is 154 Å². The van der Waals surface area contributed by atoms with Crippen LogP contribution in [0.25, 0.3) is 0 Å². The highest BCUT2D eigenvalue weighted by molar-refractivity contribution is 5.23. The standard InChI is InChI=1S/C23H25FN2/c1-18-4-2-5-20(14-18)16-25-13-3-6-23(25)17-26(22-11-12-22)15-19-7-9-21(24)10-8-19/h2-10,13-14,22H,11-12,15-17H2,1H3/p+1. The maximum Gasteiger partial charge on any atom is 0.123 e. The van der Waals surface area contributed by atoms with E-state index in [1.54, 1.807) is 17.0 Å². The molecule has 1 saturated carbocycles. The van der Waals surface area contributed by atoms with Gasteiger partial charge in [0.25, 0.3) is 0 Å². The zero-order valence-corrected chi connectivity index (χ0v) is 15.3. The lowest BCUT2D eigenvalue weighted by molar-refractivity contribution is -0.938. The lowest BCUT2D eigenvalue weighted by atomic mass is 10.1. The normalized spacial score (nSPS) is 15.2. The summed E-state index contributed by atoms with van der Waals surface area (Å²) in [5.74, 6) is -0.159. The van der Waals surface area contributed by atoms with Crippen molar-refractivity contribution < 1.29 is 9.29 Å². The van der Waals surface area contributed by atoms with Crippen LogP contribution in [-0.2, 0) is 19.6 Å². The molecule has 1 heterocycles. The van der Waals surface area contributed by atoms with Gasteiger partial charge in [-0.2, -0.15) is 0 Å². The zero-order chi connectivity index (χ0) is 17.9. The summed E-state index contributed by atoms with van der Waals surface area (Å²) in [5, 5.41) is 0. The second-order valence-corrected chi connectivity index (χ2v) is 7.53. The summed E-state index contributed by atoms with van der Waals surface area (Å²) in [4.78, 5) is 1.58. The maximum absolute atomic E-state index is 13.2. The SMILES string of the molecule is Cc1cccc(Cn2cccc2C[NH+](Cc2ccc(F)cc2)C2CC2)c1. The summed E-state index contributed by atoms with van der Waals surface area (Å²) in [6.07, 6.45) is 4.78. The molecule has 1 unspecified atom stereocenters. The highest BCUT2D eigenvalue weighted by Crippen LogP contribution is 2.17. The average molecular weight is 349 g/mol. The lowest BCUT2D eigenvalue weighted by Crippen LogP contribution is -3.10. The second kappa shape index (κ2) is 7.46. The quantitative estimate of drug-likeness (QED) is 0.666. The second-order valence-electron chi connectivity index (χ2n) is 7.53. The van der Waals surface area contributed by atoms with Gasteiger partial charge in [-0.3, -0.25) is 0 Å². The summed E-state index contributed by atoms with van der Waals surface area (Å²) in [6.45, 7) is 5.03. The van der Waals surface area contributed by atoms with E-state index in [1.165, 1.54) is 35.2 Å². The molecule has 1 aromatic heterocycles. The fourth-order valence-electron chi connectivity index (χ4n) is 3.71. The minimum absolute atomic E-state index is 0.159. The van der Waals surface area contributed by atoms with Gasteiger partial charge in [0.05, 0.1) is 11.7 Å². The number of nitrogens with zero attached hydrogens (tertiary/aromatic N) is 1. The molecule has 2 aromatic carbocycles. The molecule has 1 N–H and O–H groups in total. The van der Waals surface area contributed by atoms with E-state index >= 15 is 0 Å². The van der Waals surface area contributed by atoms with Gasteiger partial charge in [-0.15, -0.1) is 0 Å². The number of nitrogens with one attached hydrogen (secondary N) is 1. The number of hydrogen-bond acceptors (Lipinski definition) is 0. The maximum atomic E-state index is 13.2. The van der Waals surface area contributed by atoms with Crippen LogP contribution in [0.3, 0.4) is 0 Å². The van der Waals surface area contributed by atoms with Crippen LogP contribution in [-0.4, -0.2) is 10.6 Å². The van der Waals surface area contributed by atoms with Gasteiger partial charge in [-0.1, -0.05) is 42.0 Å². The summed E-state index contributed by atoms with van der Waals surface area (Å²) >= 11 is 0. The Hall–Kier alpha value is -2.39. The zero-order valence-electron chi connectivity index (χ0n) is 15.3. The Morgan fingerprint density at radius 1 is 0.962 bits per heavy atom. The van der Waals surface area contributed by atoms with Crippen LogP contribution in [0.4, 0.5) is 4.39 Å². The Morgan fingerprint density at radius 3 is 2.50 bits per heavy atom. The Morgan fingerprint density at radius 2 is 1.77 bits per heavy atom. The van der Waals surface area contributed by atoms with Gasteiger partial charge in [-0.25, -0.2) is 4.39 Å². The van der Waals surface area contributed by atoms with Gasteiger partial charge in [0, 0.05) is 31.1 Å². The van der Waals surface area contributed by atoms with Crippen molar-refractivity contribution in [2.45, 2.75) is 45.4 Å². The largest absolute Gasteiger partial charge is 0.342 e. The van der Waals surface area contributed by atoms with Crippen LogP contribution in [0.1, 0.15) is 35.2 Å². The Kier molecular flexibility index (Phi) is 4.89. The van der Waals surface area contributed by atoms with Crippen LogP contribution < -0.4 is 4.90 Å². The third-order valence-electron chi connectivity index (χ3n) is 5.27. The molecule has 4 rings (SSSR count). The molecule has 0 aliphatic heterocycles. The van der Waals surface area contributed by atoms with Crippen molar-refractivity contribution in [3.05, 3.63) is 95.1 Å². The fourth-order valence-corrected chi connectivity index (χ4v) is 3.71. The topological polar surface area (TPSA) is 9.37 Å². The molecular formula is C23H26FN2+.